The Morgan fingerprint density at radius 3 is 3.09 bits per heavy atom. The van der Waals surface area contributed by atoms with Gasteiger partial charge < -0.3 is 19.5 Å². The minimum atomic E-state index is -1.76. The van der Waals surface area contributed by atoms with Gasteiger partial charge in [0, 0.05) is 18.0 Å². The summed E-state index contributed by atoms with van der Waals surface area (Å²) >= 11 is 0. The number of piperidine rings is 1. The number of ketones is 1. The third-order valence-corrected chi connectivity index (χ3v) is 6.51. The highest BCUT2D eigenvalue weighted by Crippen LogP contribution is 2.64. The molecule has 0 amide bonds. The number of ether oxygens (including phenoxy) is 2. The van der Waals surface area contributed by atoms with E-state index in [-0.39, 0.29) is 18.2 Å². The van der Waals surface area contributed by atoms with Crippen LogP contribution >= 0.6 is 0 Å². The number of nitrogens with zero attached hydrogens (tertiary/aromatic N) is 1. The molecule has 2 aliphatic heterocycles. The lowest BCUT2D eigenvalue weighted by atomic mass is 9.49. The zero-order valence-corrected chi connectivity index (χ0v) is 13.4. The van der Waals surface area contributed by atoms with Crippen LogP contribution in [-0.2, 0) is 16.6 Å². The van der Waals surface area contributed by atoms with Crippen molar-refractivity contribution in [2.75, 3.05) is 20.7 Å². The topological polar surface area (TPSA) is 59.0 Å². The van der Waals surface area contributed by atoms with Gasteiger partial charge >= 0.3 is 0 Å². The second kappa shape index (κ2) is 4.08. The van der Waals surface area contributed by atoms with Crippen molar-refractivity contribution in [1.82, 2.24) is 4.90 Å². The number of likely N-dealkylation sites (tertiary alicyclic amines) is 1. The molecule has 0 radical (unpaired) electrons. The fourth-order valence-electron chi connectivity index (χ4n) is 5.45. The van der Waals surface area contributed by atoms with Gasteiger partial charge in [0.25, 0.3) is 0 Å². The first-order chi connectivity index (χ1) is 11.4. The molecule has 1 N–H and O–H groups in total. The molecule has 1 unspecified atom stereocenters. The first-order valence-corrected chi connectivity index (χ1v) is 8.24. The van der Waals surface area contributed by atoms with E-state index in [1.807, 2.05) is 19.2 Å². The van der Waals surface area contributed by atoms with Crippen molar-refractivity contribution in [3.05, 3.63) is 23.3 Å². The number of carbonyl (C=O) groups is 1. The highest BCUT2D eigenvalue weighted by molar-refractivity contribution is 5.90. The summed E-state index contributed by atoms with van der Waals surface area (Å²) in [7, 11) is 3.58. The third kappa shape index (κ3) is 1.32. The SMILES string of the molecule is [2H]C12Oc3c(OC)ccc4c3[C@@]13CCN(C)[C@H](C4)[C@]3(O)CCC2=O. The van der Waals surface area contributed by atoms with Crippen molar-refractivity contribution in [2.24, 2.45) is 0 Å². The maximum absolute atomic E-state index is 12.8. The molecule has 2 aliphatic carbocycles. The third-order valence-electron chi connectivity index (χ3n) is 6.51. The van der Waals surface area contributed by atoms with Gasteiger partial charge in [-0.15, -0.1) is 0 Å². The van der Waals surface area contributed by atoms with Crippen LogP contribution in [0.5, 0.6) is 11.5 Å². The predicted octanol–water partition coefficient (Wildman–Crippen LogP) is 1.05. The summed E-state index contributed by atoms with van der Waals surface area (Å²) in [6.07, 6.45) is 0.0535. The quantitative estimate of drug-likeness (QED) is 0.839. The molecule has 4 atom stereocenters. The lowest BCUT2D eigenvalue weighted by Gasteiger charge is -2.62. The number of methoxy groups -OCH3 is 1. The smallest absolute Gasteiger partial charge is 0.174 e. The maximum Gasteiger partial charge on any atom is 0.174 e. The van der Waals surface area contributed by atoms with Gasteiger partial charge in [0.15, 0.2) is 23.4 Å². The second-order valence-electron chi connectivity index (χ2n) is 7.27. The molecule has 1 saturated carbocycles. The van der Waals surface area contributed by atoms with Crippen LogP contribution in [0.25, 0.3) is 0 Å². The van der Waals surface area contributed by atoms with Crippen molar-refractivity contribution in [2.45, 2.75) is 48.8 Å². The summed E-state index contributed by atoms with van der Waals surface area (Å²) in [4.78, 5) is 15.0. The van der Waals surface area contributed by atoms with Gasteiger partial charge in [0.05, 0.1) is 19.5 Å². The fourth-order valence-corrected chi connectivity index (χ4v) is 5.45. The van der Waals surface area contributed by atoms with E-state index < -0.39 is 17.1 Å². The molecule has 0 aromatic heterocycles. The van der Waals surface area contributed by atoms with E-state index in [9.17, 15) is 9.90 Å². The van der Waals surface area contributed by atoms with Crippen LogP contribution in [0.3, 0.4) is 0 Å². The van der Waals surface area contributed by atoms with Crippen molar-refractivity contribution in [1.29, 1.82) is 0 Å². The number of hydrogen-bond acceptors (Lipinski definition) is 5. The Labute approximate surface area is 136 Å². The van der Waals surface area contributed by atoms with Gasteiger partial charge in [-0.05, 0) is 44.5 Å². The first kappa shape index (κ1) is 12.8. The molecule has 1 spiro atoms. The monoisotopic (exact) mass is 316 g/mol. The summed E-state index contributed by atoms with van der Waals surface area (Å²) in [5.41, 5.74) is -0.211. The van der Waals surface area contributed by atoms with Gasteiger partial charge in [0.2, 0.25) is 0 Å². The molecule has 2 bridgehead atoms. The second-order valence-corrected chi connectivity index (χ2v) is 7.27. The molecule has 2 fully saturated rings. The highest BCUT2D eigenvalue weighted by Gasteiger charge is 2.72. The summed E-state index contributed by atoms with van der Waals surface area (Å²) in [5.74, 6) is 0.792. The number of likely N-dealkylation sites (N-methyl/N-ethyl adjacent to an activating group) is 1. The van der Waals surface area contributed by atoms with Gasteiger partial charge in [-0.2, -0.15) is 0 Å². The van der Waals surface area contributed by atoms with Gasteiger partial charge in [-0.3, -0.25) is 4.79 Å². The molecule has 5 heteroatoms. The molecule has 23 heavy (non-hydrogen) atoms. The maximum atomic E-state index is 12.8. The minimum absolute atomic E-state index is 0.0977. The predicted molar refractivity (Wildman–Crippen MR) is 83.0 cm³/mol. The number of benzene rings is 1. The normalized spacial score (nSPS) is 44.4. The largest absolute Gasteiger partial charge is 0.493 e. The van der Waals surface area contributed by atoms with Crippen molar-refractivity contribution in [3.63, 3.8) is 0 Å². The van der Waals surface area contributed by atoms with Gasteiger partial charge in [-0.1, -0.05) is 6.07 Å². The van der Waals surface area contributed by atoms with Crippen LogP contribution < -0.4 is 9.47 Å². The standard InChI is InChI=1S/C18H21NO4/c1-19-8-7-17-14-10-3-4-12(22-2)15(14)23-16(17)11(20)5-6-18(17,21)13(19)9-10/h3-4,13,16,21H,5-9H2,1-2H3/t13-,16?,17+,18-/m1/s1/i16D. The summed E-state index contributed by atoms with van der Waals surface area (Å²) in [5, 5.41) is 11.8. The summed E-state index contributed by atoms with van der Waals surface area (Å²) in [6, 6.07) is 3.75. The van der Waals surface area contributed by atoms with Crippen LogP contribution in [0.1, 0.15) is 31.8 Å². The molecule has 2 heterocycles. The molecular weight excluding hydrogens is 294 g/mol. The highest BCUT2D eigenvalue weighted by atomic mass is 16.5. The molecule has 1 aromatic rings. The zero-order valence-electron chi connectivity index (χ0n) is 14.4. The number of Topliss-reactive ketones (excluding diaryl/α,β-unsaturated/α-hetero) is 1. The van der Waals surface area contributed by atoms with Crippen LogP contribution in [0, 0.1) is 0 Å². The van der Waals surface area contributed by atoms with Crippen molar-refractivity contribution >= 4 is 5.78 Å². The molecule has 1 saturated heterocycles. The average molecular weight is 316 g/mol. The first-order valence-electron chi connectivity index (χ1n) is 8.74. The summed E-state index contributed by atoms with van der Waals surface area (Å²) < 4.78 is 20.5. The number of aliphatic hydroxyl groups is 1. The van der Waals surface area contributed by atoms with E-state index in [0.29, 0.717) is 30.8 Å². The van der Waals surface area contributed by atoms with E-state index in [0.717, 1.165) is 17.7 Å². The molecule has 122 valence electrons. The number of rotatable bonds is 1. The Morgan fingerprint density at radius 1 is 1.48 bits per heavy atom. The van der Waals surface area contributed by atoms with Gasteiger partial charge in [-0.25, -0.2) is 0 Å². The van der Waals surface area contributed by atoms with E-state index >= 15 is 0 Å². The average Bonchev–Trinajstić information content (AvgIpc) is 2.84. The fraction of sp³-hybridized carbons (Fsp3) is 0.611. The molecule has 5 nitrogen and oxygen atoms in total. The summed E-state index contributed by atoms with van der Waals surface area (Å²) in [6.45, 7) is 0.736. The molecule has 5 rings (SSSR count). The van der Waals surface area contributed by atoms with E-state index in [1.165, 1.54) is 0 Å². The van der Waals surface area contributed by atoms with Crippen LogP contribution in [0.4, 0.5) is 0 Å². The van der Waals surface area contributed by atoms with E-state index in [2.05, 4.69) is 4.90 Å². The molecule has 1 aromatic carbocycles. The number of carbonyl (C=O) groups excluding carboxylic acids is 1. The Kier molecular flexibility index (Phi) is 2.27. The minimum Gasteiger partial charge on any atom is -0.493 e. The van der Waals surface area contributed by atoms with Gasteiger partial charge in [0.1, 0.15) is 0 Å². The van der Waals surface area contributed by atoms with Crippen LogP contribution in [0.2, 0.25) is 0 Å². The van der Waals surface area contributed by atoms with Crippen molar-refractivity contribution < 1.29 is 20.7 Å². The number of hydrogen-bond donors (Lipinski definition) is 1. The lowest BCUT2D eigenvalue weighted by Crippen LogP contribution is -2.76. The Morgan fingerprint density at radius 2 is 2.30 bits per heavy atom. The Hall–Kier alpha value is -1.59. The van der Waals surface area contributed by atoms with Crippen LogP contribution in [-0.4, -0.2) is 54.2 Å². The van der Waals surface area contributed by atoms with Crippen molar-refractivity contribution in [3.8, 4) is 11.5 Å². The van der Waals surface area contributed by atoms with Crippen LogP contribution in [0.15, 0.2) is 12.1 Å². The zero-order chi connectivity index (χ0) is 16.9. The Bertz CT molecular complexity index is 783. The lowest BCUT2D eigenvalue weighted by molar-refractivity contribution is -0.185. The Balaban J connectivity index is 1.90. The van der Waals surface area contributed by atoms with E-state index in [1.54, 1.807) is 7.11 Å². The van der Waals surface area contributed by atoms with E-state index in [4.69, 9.17) is 10.8 Å². The molecular formula is C18H21NO4. The molecule has 4 aliphatic rings.